The van der Waals surface area contributed by atoms with Crippen molar-refractivity contribution in [3.63, 3.8) is 0 Å². The molecule has 3 fully saturated rings. The highest BCUT2D eigenvalue weighted by atomic mass is 16.7. The van der Waals surface area contributed by atoms with Crippen molar-refractivity contribution < 1.29 is 78.9 Å². The first kappa shape index (κ1) is 35.4. The highest BCUT2D eigenvalue weighted by molar-refractivity contribution is 5.74. The van der Waals surface area contributed by atoms with Gasteiger partial charge < -0.3 is 80.5 Å². The lowest BCUT2D eigenvalue weighted by atomic mass is 9.93. The summed E-state index contributed by atoms with van der Waals surface area (Å²) in [6.07, 6.45) is -19.0. The Morgan fingerprint density at radius 3 is 1.37 bits per heavy atom. The largest absolute Gasteiger partial charge is 0.394 e. The molecule has 15 atom stereocenters. The van der Waals surface area contributed by atoms with E-state index < -0.39 is 129 Å². The van der Waals surface area contributed by atoms with Gasteiger partial charge in [-0.3, -0.25) is 14.4 Å². The average Bonchev–Trinajstić information content (AvgIpc) is 2.94. The number of rotatable bonds is 10. The number of ether oxygens (including phenoxy) is 5. The lowest BCUT2D eigenvalue weighted by Crippen LogP contribution is -2.71. The lowest BCUT2D eigenvalue weighted by Gasteiger charge is -2.49. The van der Waals surface area contributed by atoms with Gasteiger partial charge in [-0.05, 0) is 0 Å². The Bertz CT molecular complexity index is 962. The van der Waals surface area contributed by atoms with E-state index in [0.717, 1.165) is 20.8 Å². The van der Waals surface area contributed by atoms with Crippen LogP contribution in [0.1, 0.15) is 20.8 Å². The summed E-state index contributed by atoms with van der Waals surface area (Å²) < 4.78 is 28.3. The van der Waals surface area contributed by atoms with E-state index in [-0.39, 0.29) is 0 Å². The SMILES string of the molecule is CC(=O)NC1C(O)[C@H](O[C@@H]2OC(CO)[C@@H](O)[C@H](O)C2NC(C)=O)[C@H](CO)O[C@H]1O[C@@H]1C(CO)O[C@@H](O)C(NC(C)=O)[C@H]1O. The summed E-state index contributed by atoms with van der Waals surface area (Å²) in [6.45, 7) is 0.995. The van der Waals surface area contributed by atoms with Crippen LogP contribution in [-0.2, 0) is 38.1 Å². The van der Waals surface area contributed by atoms with Crippen LogP contribution in [0.15, 0.2) is 0 Å². The van der Waals surface area contributed by atoms with E-state index in [1.807, 2.05) is 0 Å². The van der Waals surface area contributed by atoms with Gasteiger partial charge in [0.2, 0.25) is 17.7 Å². The van der Waals surface area contributed by atoms with Gasteiger partial charge in [-0.1, -0.05) is 0 Å². The Morgan fingerprint density at radius 2 is 0.930 bits per heavy atom. The van der Waals surface area contributed by atoms with E-state index >= 15 is 0 Å². The summed E-state index contributed by atoms with van der Waals surface area (Å²) in [5.41, 5.74) is 0. The van der Waals surface area contributed by atoms with Crippen molar-refractivity contribution in [2.45, 2.75) is 113 Å². The van der Waals surface area contributed by atoms with Crippen LogP contribution in [0.2, 0.25) is 0 Å². The minimum Gasteiger partial charge on any atom is -0.394 e. The third kappa shape index (κ3) is 8.14. The molecule has 19 heteroatoms. The van der Waals surface area contributed by atoms with Gasteiger partial charge in [-0.15, -0.1) is 0 Å². The molecule has 0 aromatic carbocycles. The van der Waals surface area contributed by atoms with Gasteiger partial charge >= 0.3 is 0 Å². The summed E-state index contributed by atoms with van der Waals surface area (Å²) in [5, 5.41) is 90.0. The fourth-order valence-electron chi connectivity index (χ4n) is 5.28. The maximum atomic E-state index is 12.1. The first-order valence-electron chi connectivity index (χ1n) is 13.5. The van der Waals surface area contributed by atoms with E-state index in [0.29, 0.717) is 0 Å². The van der Waals surface area contributed by atoms with Gasteiger partial charge in [0.05, 0.1) is 19.8 Å². The molecular formula is C24H41N3O16. The van der Waals surface area contributed by atoms with Crippen molar-refractivity contribution in [2.24, 2.45) is 0 Å². The van der Waals surface area contributed by atoms with E-state index in [1.165, 1.54) is 0 Å². The predicted molar refractivity (Wildman–Crippen MR) is 136 cm³/mol. The van der Waals surface area contributed by atoms with E-state index in [2.05, 4.69) is 16.0 Å². The van der Waals surface area contributed by atoms with Crippen LogP contribution in [0.3, 0.4) is 0 Å². The Balaban J connectivity index is 1.89. The van der Waals surface area contributed by atoms with Crippen LogP contribution in [0.25, 0.3) is 0 Å². The minimum atomic E-state index is -1.77. The summed E-state index contributed by atoms with van der Waals surface area (Å²) in [6, 6.07) is -4.31. The maximum absolute atomic E-state index is 12.1. The molecular weight excluding hydrogens is 586 g/mol. The molecule has 0 aromatic rings. The normalized spacial score (nSPS) is 43.5. The fraction of sp³-hybridized carbons (Fsp3) is 0.875. The number of nitrogens with one attached hydrogen (secondary N) is 3. The van der Waals surface area contributed by atoms with Gasteiger partial charge in [0.1, 0.15) is 73.1 Å². The van der Waals surface area contributed by atoms with Crippen molar-refractivity contribution in [3.8, 4) is 0 Å². The predicted octanol–water partition coefficient (Wildman–Crippen LogP) is -7.14. The number of hydrogen-bond acceptors (Lipinski definition) is 16. The standard InChI is InChI=1S/C24H41N3O16/c1-7(31)25-13-18(36)20(11(5-29)39-22(13)38)42-24-15(27-9(3)33)19(37)21(12(6-30)41-24)43-23-14(26-8(2)32)17(35)16(34)10(4-28)40-23/h10-24,28-30,34-38H,4-6H2,1-3H3,(H,25,31)(H,26,32)(H,27,33)/t10?,11?,12-,13?,14?,15?,16+,17+,18+,19?,20+,21+,22+,23-,24-/m0/s1. The lowest BCUT2D eigenvalue weighted by molar-refractivity contribution is -0.351. The van der Waals surface area contributed by atoms with Gasteiger partial charge in [0, 0.05) is 20.8 Å². The first-order valence-corrected chi connectivity index (χ1v) is 13.5. The van der Waals surface area contributed by atoms with Gasteiger partial charge in [0.25, 0.3) is 0 Å². The Hall–Kier alpha value is -2.11. The Labute approximate surface area is 245 Å². The molecule has 19 nitrogen and oxygen atoms in total. The molecule has 0 bridgehead atoms. The number of hydrogen-bond donors (Lipinski definition) is 11. The monoisotopic (exact) mass is 627 g/mol. The highest BCUT2D eigenvalue weighted by Crippen LogP contribution is 2.32. The van der Waals surface area contributed by atoms with Crippen molar-refractivity contribution in [2.75, 3.05) is 19.8 Å². The zero-order valence-corrected chi connectivity index (χ0v) is 23.6. The quantitative estimate of drug-likeness (QED) is 0.107. The molecule has 11 N–H and O–H groups in total. The molecule has 0 spiro atoms. The van der Waals surface area contributed by atoms with Crippen LogP contribution >= 0.6 is 0 Å². The smallest absolute Gasteiger partial charge is 0.217 e. The Kier molecular flexibility index (Phi) is 12.5. The first-order chi connectivity index (χ1) is 20.2. The summed E-state index contributed by atoms with van der Waals surface area (Å²) in [7, 11) is 0. The second-order valence-corrected chi connectivity index (χ2v) is 10.5. The summed E-state index contributed by atoms with van der Waals surface area (Å²) in [5.74, 6) is -1.96. The van der Waals surface area contributed by atoms with Crippen LogP contribution in [-0.4, -0.2) is 170 Å². The van der Waals surface area contributed by atoms with Crippen molar-refractivity contribution in [3.05, 3.63) is 0 Å². The third-order valence-electron chi connectivity index (χ3n) is 7.30. The van der Waals surface area contributed by atoms with Crippen LogP contribution < -0.4 is 16.0 Å². The summed E-state index contributed by atoms with van der Waals surface area (Å²) >= 11 is 0. The van der Waals surface area contributed by atoms with Crippen molar-refractivity contribution in [1.82, 2.24) is 16.0 Å². The Morgan fingerprint density at radius 1 is 0.558 bits per heavy atom. The van der Waals surface area contributed by atoms with Gasteiger partial charge in [0.15, 0.2) is 18.9 Å². The van der Waals surface area contributed by atoms with Crippen LogP contribution in [0, 0.1) is 0 Å². The van der Waals surface area contributed by atoms with E-state index in [1.54, 1.807) is 0 Å². The second-order valence-electron chi connectivity index (χ2n) is 10.5. The average molecular weight is 628 g/mol. The molecule has 3 heterocycles. The topological polar surface area (TPSA) is 295 Å². The minimum absolute atomic E-state index is 0.628. The molecule has 0 radical (unpaired) electrons. The number of aliphatic hydroxyl groups is 8. The number of carbonyl (C=O) groups excluding carboxylic acids is 3. The molecule has 3 aliphatic heterocycles. The number of amides is 3. The second kappa shape index (κ2) is 15.3. The highest BCUT2D eigenvalue weighted by Gasteiger charge is 2.54. The molecule has 248 valence electrons. The molecule has 0 aliphatic carbocycles. The summed E-state index contributed by atoms with van der Waals surface area (Å²) in [4.78, 5) is 35.5. The molecule has 3 amide bonds. The third-order valence-corrected chi connectivity index (χ3v) is 7.30. The number of carbonyl (C=O) groups is 3. The van der Waals surface area contributed by atoms with Crippen LogP contribution in [0.4, 0.5) is 0 Å². The molecule has 0 saturated carbocycles. The van der Waals surface area contributed by atoms with Gasteiger partial charge in [-0.25, -0.2) is 0 Å². The van der Waals surface area contributed by atoms with Crippen LogP contribution in [0.5, 0.6) is 0 Å². The van der Waals surface area contributed by atoms with Crippen molar-refractivity contribution >= 4 is 17.7 Å². The molecule has 3 rings (SSSR count). The van der Waals surface area contributed by atoms with E-state index in [9.17, 15) is 55.2 Å². The molecule has 3 aliphatic rings. The number of aliphatic hydroxyl groups excluding tert-OH is 8. The van der Waals surface area contributed by atoms with E-state index in [4.69, 9.17) is 23.7 Å². The maximum Gasteiger partial charge on any atom is 0.217 e. The molecule has 0 aromatic heterocycles. The zero-order valence-electron chi connectivity index (χ0n) is 23.6. The zero-order chi connectivity index (χ0) is 32.2. The van der Waals surface area contributed by atoms with Gasteiger partial charge in [-0.2, -0.15) is 0 Å². The fourth-order valence-corrected chi connectivity index (χ4v) is 5.28. The molecule has 3 saturated heterocycles. The molecule has 43 heavy (non-hydrogen) atoms. The van der Waals surface area contributed by atoms with Crippen molar-refractivity contribution in [1.29, 1.82) is 0 Å². The molecule has 6 unspecified atom stereocenters.